The average molecular weight is 263 g/mol. The zero-order chi connectivity index (χ0) is 13.3. The lowest BCUT2D eigenvalue weighted by Gasteiger charge is -2.06. The maximum Gasteiger partial charge on any atom is 0.337 e. The van der Waals surface area contributed by atoms with Crippen molar-refractivity contribution >= 4 is 23.4 Å². The molecule has 6 nitrogen and oxygen atoms in total. The van der Waals surface area contributed by atoms with E-state index in [1.54, 1.807) is 0 Å². The van der Waals surface area contributed by atoms with Crippen LogP contribution in [0.1, 0.15) is 15.9 Å². The minimum atomic E-state index is -1.11. The zero-order valence-corrected chi connectivity index (χ0v) is 9.72. The van der Waals surface area contributed by atoms with Crippen molar-refractivity contribution in [3.05, 3.63) is 40.5 Å². The summed E-state index contributed by atoms with van der Waals surface area (Å²) in [5, 5.41) is 21.6. The molecule has 90 valence electrons. The number of hydrogen-bond donors (Lipinski definition) is 2. The summed E-state index contributed by atoms with van der Waals surface area (Å²) < 4.78 is 1.32. The van der Waals surface area contributed by atoms with Crippen molar-refractivity contribution in [2.45, 2.75) is 0 Å². The number of anilines is 1. The van der Waals surface area contributed by atoms with Crippen LogP contribution in [-0.2, 0) is 0 Å². The van der Waals surface area contributed by atoms with Crippen LogP contribution in [0.2, 0.25) is 5.02 Å². The predicted molar refractivity (Wildman–Crippen MR) is 64.7 cm³/mol. The van der Waals surface area contributed by atoms with E-state index in [0.29, 0.717) is 5.69 Å². The van der Waals surface area contributed by atoms with Gasteiger partial charge in [-0.1, -0.05) is 11.6 Å². The molecule has 2 rings (SSSR count). The van der Waals surface area contributed by atoms with E-state index in [1.165, 1.54) is 29.1 Å². The molecule has 0 saturated heterocycles. The highest BCUT2D eigenvalue weighted by atomic mass is 35.5. The lowest BCUT2D eigenvalue weighted by Crippen LogP contribution is -2.04. The summed E-state index contributed by atoms with van der Waals surface area (Å²) in [7, 11) is 0. The van der Waals surface area contributed by atoms with Gasteiger partial charge in [0.25, 0.3) is 0 Å². The third-order valence-corrected chi connectivity index (χ3v) is 2.67. The van der Waals surface area contributed by atoms with Gasteiger partial charge in [-0.2, -0.15) is 10.4 Å². The SMILES string of the molecule is N#Cc1cnn(-c2ccc(C(=O)O)c(Cl)c2)c1N. The van der Waals surface area contributed by atoms with Crippen LogP contribution in [0.4, 0.5) is 5.82 Å². The van der Waals surface area contributed by atoms with Crippen LogP contribution >= 0.6 is 11.6 Å². The summed E-state index contributed by atoms with van der Waals surface area (Å²) in [6.45, 7) is 0. The van der Waals surface area contributed by atoms with Crippen LogP contribution < -0.4 is 5.73 Å². The van der Waals surface area contributed by atoms with Crippen LogP contribution in [0.15, 0.2) is 24.4 Å². The first-order chi connectivity index (χ1) is 8.54. The minimum absolute atomic E-state index is 0.00773. The van der Waals surface area contributed by atoms with E-state index in [1.807, 2.05) is 6.07 Å². The number of aromatic carboxylic acids is 1. The van der Waals surface area contributed by atoms with Gasteiger partial charge in [0, 0.05) is 0 Å². The van der Waals surface area contributed by atoms with Crippen LogP contribution in [-0.4, -0.2) is 20.9 Å². The van der Waals surface area contributed by atoms with Crippen molar-refractivity contribution in [1.82, 2.24) is 9.78 Å². The second-order valence-corrected chi connectivity index (χ2v) is 3.84. The highest BCUT2D eigenvalue weighted by molar-refractivity contribution is 6.33. The third-order valence-electron chi connectivity index (χ3n) is 2.35. The number of carboxylic acids is 1. The Balaban J connectivity index is 2.53. The molecule has 0 aliphatic carbocycles. The first-order valence-corrected chi connectivity index (χ1v) is 5.19. The first-order valence-electron chi connectivity index (χ1n) is 4.81. The lowest BCUT2D eigenvalue weighted by molar-refractivity contribution is 0.0697. The van der Waals surface area contributed by atoms with E-state index in [9.17, 15) is 4.79 Å². The van der Waals surface area contributed by atoms with E-state index in [2.05, 4.69) is 5.10 Å². The van der Waals surface area contributed by atoms with Crippen molar-refractivity contribution in [2.24, 2.45) is 0 Å². The summed E-state index contributed by atoms with van der Waals surface area (Å²) in [6, 6.07) is 6.19. The Bertz CT molecular complexity index is 672. The van der Waals surface area contributed by atoms with Gasteiger partial charge in [0.15, 0.2) is 0 Å². The number of nitrogens with two attached hydrogens (primary N) is 1. The van der Waals surface area contributed by atoms with Crippen molar-refractivity contribution < 1.29 is 9.90 Å². The van der Waals surface area contributed by atoms with Gasteiger partial charge in [-0.25, -0.2) is 9.48 Å². The molecule has 18 heavy (non-hydrogen) atoms. The predicted octanol–water partition coefficient (Wildman–Crippen LogP) is 1.68. The summed E-state index contributed by atoms with van der Waals surface area (Å²) in [5.41, 5.74) is 6.44. The van der Waals surface area contributed by atoms with Gasteiger partial charge in [-0.3, -0.25) is 0 Å². The maximum absolute atomic E-state index is 10.8. The van der Waals surface area contributed by atoms with Gasteiger partial charge in [-0.05, 0) is 18.2 Å². The van der Waals surface area contributed by atoms with Crippen molar-refractivity contribution in [3.63, 3.8) is 0 Å². The molecule has 0 fully saturated rings. The van der Waals surface area contributed by atoms with Gasteiger partial charge < -0.3 is 10.8 Å². The van der Waals surface area contributed by atoms with Crippen LogP contribution in [0, 0.1) is 11.3 Å². The fourth-order valence-corrected chi connectivity index (χ4v) is 1.71. The number of halogens is 1. The number of aromatic nitrogens is 2. The highest BCUT2D eigenvalue weighted by Gasteiger charge is 2.12. The number of hydrogen-bond acceptors (Lipinski definition) is 4. The van der Waals surface area contributed by atoms with E-state index < -0.39 is 5.97 Å². The molecule has 1 aromatic carbocycles. The Kier molecular flexibility index (Phi) is 2.92. The normalized spacial score (nSPS) is 10.0. The topological polar surface area (TPSA) is 105 Å². The summed E-state index contributed by atoms with van der Waals surface area (Å²) >= 11 is 5.84. The number of nitrogen functional groups attached to an aromatic ring is 1. The Labute approximate surface area is 107 Å². The second-order valence-electron chi connectivity index (χ2n) is 3.44. The Hall–Kier alpha value is -2.52. The Morgan fingerprint density at radius 3 is 2.78 bits per heavy atom. The van der Waals surface area contributed by atoms with E-state index in [4.69, 9.17) is 27.7 Å². The summed E-state index contributed by atoms with van der Waals surface area (Å²) in [6.07, 6.45) is 1.33. The fraction of sp³-hybridized carbons (Fsp3) is 0. The third kappa shape index (κ3) is 1.87. The number of rotatable bonds is 2. The largest absolute Gasteiger partial charge is 0.478 e. The molecule has 1 heterocycles. The smallest absolute Gasteiger partial charge is 0.337 e. The van der Waals surface area contributed by atoms with Crippen molar-refractivity contribution in [3.8, 4) is 11.8 Å². The Morgan fingerprint density at radius 1 is 1.56 bits per heavy atom. The quantitative estimate of drug-likeness (QED) is 0.856. The molecule has 0 bridgehead atoms. The molecule has 1 aromatic heterocycles. The van der Waals surface area contributed by atoms with Crippen LogP contribution in [0.3, 0.4) is 0 Å². The van der Waals surface area contributed by atoms with Gasteiger partial charge in [0.1, 0.15) is 17.5 Å². The van der Waals surface area contributed by atoms with E-state index in [-0.39, 0.29) is 22.0 Å². The van der Waals surface area contributed by atoms with Gasteiger partial charge in [0.05, 0.1) is 22.5 Å². The van der Waals surface area contributed by atoms with E-state index >= 15 is 0 Å². The molecule has 0 aliphatic rings. The molecule has 0 spiro atoms. The molecule has 0 amide bonds. The molecule has 2 aromatic rings. The van der Waals surface area contributed by atoms with E-state index in [0.717, 1.165) is 0 Å². The molecule has 0 saturated carbocycles. The average Bonchev–Trinajstić information content (AvgIpc) is 2.69. The van der Waals surface area contributed by atoms with Crippen molar-refractivity contribution in [1.29, 1.82) is 5.26 Å². The maximum atomic E-state index is 10.8. The monoisotopic (exact) mass is 262 g/mol. The van der Waals surface area contributed by atoms with Crippen LogP contribution in [0.25, 0.3) is 5.69 Å². The van der Waals surface area contributed by atoms with Crippen LogP contribution in [0.5, 0.6) is 0 Å². The second kappa shape index (κ2) is 4.39. The number of benzene rings is 1. The number of carboxylic acid groups (broad SMARTS) is 1. The van der Waals surface area contributed by atoms with Crippen molar-refractivity contribution in [2.75, 3.05) is 5.73 Å². The Morgan fingerprint density at radius 2 is 2.28 bits per heavy atom. The van der Waals surface area contributed by atoms with Gasteiger partial charge >= 0.3 is 5.97 Å². The molecule has 0 aliphatic heterocycles. The molecule has 0 radical (unpaired) electrons. The fourth-order valence-electron chi connectivity index (χ4n) is 1.46. The standard InChI is InChI=1S/C11H7ClN4O2/c12-9-3-7(1-2-8(9)11(17)18)16-10(14)6(4-13)5-15-16/h1-3,5H,14H2,(H,17,18). The summed E-state index contributed by atoms with van der Waals surface area (Å²) in [5.74, 6) is -0.936. The van der Waals surface area contributed by atoms with Gasteiger partial charge in [0.2, 0.25) is 0 Å². The number of nitrogens with zero attached hydrogens (tertiary/aromatic N) is 3. The zero-order valence-electron chi connectivity index (χ0n) is 8.96. The minimum Gasteiger partial charge on any atom is -0.478 e. The number of carbonyl (C=O) groups is 1. The molecule has 7 heteroatoms. The first kappa shape index (κ1) is 12.0. The molecular weight excluding hydrogens is 256 g/mol. The van der Waals surface area contributed by atoms with Gasteiger partial charge in [-0.15, -0.1) is 0 Å². The summed E-state index contributed by atoms with van der Waals surface area (Å²) in [4.78, 5) is 10.8. The molecule has 3 N–H and O–H groups in total. The molecule has 0 unspecified atom stereocenters. The number of nitriles is 1. The lowest BCUT2D eigenvalue weighted by atomic mass is 10.2. The molecule has 0 atom stereocenters. The highest BCUT2D eigenvalue weighted by Crippen LogP contribution is 2.22. The molecular formula is C11H7ClN4O2.